The van der Waals surface area contributed by atoms with Crippen LogP contribution in [0.2, 0.25) is 0 Å². The van der Waals surface area contributed by atoms with Gasteiger partial charge in [-0.3, -0.25) is 14.2 Å². The monoisotopic (exact) mass is 423 g/mol. The maximum Gasteiger partial charge on any atom is 0.261 e. The first kappa shape index (κ1) is 21.2. The minimum atomic E-state index is -1.10. The van der Waals surface area contributed by atoms with Gasteiger partial charge in [0, 0.05) is 19.5 Å². The highest BCUT2D eigenvalue weighted by Gasteiger charge is 2.35. The van der Waals surface area contributed by atoms with E-state index in [1.165, 1.54) is 6.07 Å². The summed E-state index contributed by atoms with van der Waals surface area (Å²) in [6.07, 6.45) is 1.26. The molecule has 7 heteroatoms. The van der Waals surface area contributed by atoms with Crippen LogP contribution in [0.5, 0.6) is 0 Å². The van der Waals surface area contributed by atoms with Crippen LogP contribution in [-0.2, 0) is 24.2 Å². The summed E-state index contributed by atoms with van der Waals surface area (Å²) >= 11 is 0. The van der Waals surface area contributed by atoms with E-state index in [1.807, 2.05) is 19.1 Å². The second-order valence-electron chi connectivity index (χ2n) is 8.16. The number of halogens is 1. The number of aromatic nitrogens is 2. The van der Waals surface area contributed by atoms with Gasteiger partial charge < -0.3 is 10.0 Å². The van der Waals surface area contributed by atoms with Crippen LogP contribution in [0, 0.1) is 5.82 Å². The number of para-hydroxylation sites is 1. The molecule has 1 aliphatic heterocycles. The van der Waals surface area contributed by atoms with Gasteiger partial charge in [-0.1, -0.05) is 37.3 Å². The molecule has 1 aromatic heterocycles. The van der Waals surface area contributed by atoms with Gasteiger partial charge in [0.15, 0.2) is 0 Å². The minimum absolute atomic E-state index is 0.000856. The number of piperidine rings is 1. The first-order valence-electron chi connectivity index (χ1n) is 10.6. The van der Waals surface area contributed by atoms with Crippen molar-refractivity contribution in [1.29, 1.82) is 0 Å². The predicted molar refractivity (Wildman–Crippen MR) is 116 cm³/mol. The molecule has 0 radical (unpaired) electrons. The van der Waals surface area contributed by atoms with E-state index in [2.05, 4.69) is 4.98 Å². The summed E-state index contributed by atoms with van der Waals surface area (Å²) in [5, 5.41) is 11.7. The molecule has 1 amide bonds. The molecular formula is C24H26FN3O3. The fraction of sp³-hybridized carbons (Fsp3) is 0.375. The van der Waals surface area contributed by atoms with Crippen LogP contribution < -0.4 is 5.56 Å². The van der Waals surface area contributed by atoms with Gasteiger partial charge in [-0.05, 0) is 36.6 Å². The van der Waals surface area contributed by atoms with Gasteiger partial charge in [-0.15, -0.1) is 0 Å². The minimum Gasteiger partial charge on any atom is -0.388 e. The number of aryl methyl sites for hydroxylation is 1. The molecule has 1 fully saturated rings. The summed E-state index contributed by atoms with van der Waals surface area (Å²) in [6.45, 7) is 2.80. The lowest BCUT2D eigenvalue weighted by atomic mass is 9.90. The van der Waals surface area contributed by atoms with Crippen molar-refractivity contribution in [2.45, 2.75) is 44.8 Å². The first-order valence-corrected chi connectivity index (χ1v) is 10.6. The standard InChI is InChI=1S/C24H26FN3O3/c1-2-21-26-20-10-6-4-8-18(20)23(30)28(21)16-24(31)11-13-27(14-12-24)22(29)15-17-7-3-5-9-19(17)25/h3-10,31H,2,11-16H2,1H3. The van der Waals surface area contributed by atoms with Crippen molar-refractivity contribution >= 4 is 16.8 Å². The predicted octanol–water partition coefficient (Wildman–Crippen LogP) is 2.69. The molecule has 0 bridgehead atoms. The van der Waals surface area contributed by atoms with Gasteiger partial charge in [0.25, 0.3) is 5.56 Å². The topological polar surface area (TPSA) is 75.4 Å². The summed E-state index contributed by atoms with van der Waals surface area (Å²) in [6, 6.07) is 13.5. The van der Waals surface area contributed by atoms with E-state index in [4.69, 9.17) is 0 Å². The van der Waals surface area contributed by atoms with Crippen LogP contribution >= 0.6 is 0 Å². The SMILES string of the molecule is CCc1nc2ccccc2c(=O)n1CC1(O)CCN(C(=O)Cc2ccccc2F)CC1. The summed E-state index contributed by atoms with van der Waals surface area (Å²) < 4.78 is 15.4. The number of carbonyl (C=O) groups is 1. The molecule has 31 heavy (non-hydrogen) atoms. The Morgan fingerprint density at radius 2 is 1.81 bits per heavy atom. The van der Waals surface area contributed by atoms with Crippen molar-refractivity contribution in [3.05, 3.63) is 76.1 Å². The van der Waals surface area contributed by atoms with Crippen molar-refractivity contribution in [3.63, 3.8) is 0 Å². The maximum atomic E-state index is 13.9. The van der Waals surface area contributed by atoms with Crippen molar-refractivity contribution in [1.82, 2.24) is 14.5 Å². The molecule has 0 unspecified atom stereocenters. The van der Waals surface area contributed by atoms with Crippen molar-refractivity contribution in [2.24, 2.45) is 0 Å². The largest absolute Gasteiger partial charge is 0.388 e. The lowest BCUT2D eigenvalue weighted by molar-refractivity contribution is -0.135. The van der Waals surface area contributed by atoms with E-state index in [1.54, 1.807) is 39.8 Å². The van der Waals surface area contributed by atoms with E-state index in [0.717, 1.165) is 0 Å². The molecule has 0 atom stereocenters. The highest BCUT2D eigenvalue weighted by atomic mass is 19.1. The van der Waals surface area contributed by atoms with Crippen molar-refractivity contribution in [2.75, 3.05) is 13.1 Å². The number of benzene rings is 2. The number of likely N-dealkylation sites (tertiary alicyclic amines) is 1. The smallest absolute Gasteiger partial charge is 0.261 e. The van der Waals surface area contributed by atoms with Crippen LogP contribution in [0.4, 0.5) is 4.39 Å². The van der Waals surface area contributed by atoms with E-state index >= 15 is 0 Å². The van der Waals surface area contributed by atoms with Crippen LogP contribution in [0.15, 0.2) is 53.3 Å². The molecule has 1 aliphatic rings. The molecule has 6 nitrogen and oxygen atoms in total. The highest BCUT2D eigenvalue weighted by Crippen LogP contribution is 2.25. The number of hydrogen-bond donors (Lipinski definition) is 1. The Labute approximate surface area is 180 Å². The second kappa shape index (κ2) is 8.59. The fourth-order valence-electron chi connectivity index (χ4n) is 4.19. The summed E-state index contributed by atoms with van der Waals surface area (Å²) in [4.78, 5) is 31.9. The Kier molecular flexibility index (Phi) is 5.87. The van der Waals surface area contributed by atoms with Gasteiger partial charge in [0.2, 0.25) is 5.91 Å². The molecule has 2 aromatic carbocycles. The number of carbonyl (C=O) groups excluding carboxylic acids is 1. The van der Waals surface area contributed by atoms with E-state index in [-0.39, 0.29) is 30.2 Å². The van der Waals surface area contributed by atoms with Gasteiger partial charge in [0.05, 0.1) is 29.5 Å². The summed E-state index contributed by atoms with van der Waals surface area (Å²) in [7, 11) is 0. The normalized spacial score (nSPS) is 15.9. The van der Waals surface area contributed by atoms with Crippen LogP contribution in [0.3, 0.4) is 0 Å². The van der Waals surface area contributed by atoms with E-state index < -0.39 is 5.60 Å². The molecule has 2 heterocycles. The zero-order valence-corrected chi connectivity index (χ0v) is 17.6. The molecule has 162 valence electrons. The van der Waals surface area contributed by atoms with Crippen LogP contribution in [0.1, 0.15) is 31.2 Å². The molecular weight excluding hydrogens is 397 g/mol. The molecule has 0 spiro atoms. The van der Waals surface area contributed by atoms with Crippen LogP contribution in [0.25, 0.3) is 10.9 Å². The van der Waals surface area contributed by atoms with Gasteiger partial charge in [-0.2, -0.15) is 0 Å². The molecule has 4 rings (SSSR count). The lowest BCUT2D eigenvalue weighted by Crippen LogP contribution is -2.50. The third-order valence-corrected chi connectivity index (χ3v) is 6.06. The average molecular weight is 423 g/mol. The number of fused-ring (bicyclic) bond motifs is 1. The zero-order valence-electron chi connectivity index (χ0n) is 17.6. The number of amides is 1. The highest BCUT2D eigenvalue weighted by molar-refractivity contribution is 5.79. The second-order valence-corrected chi connectivity index (χ2v) is 8.16. The van der Waals surface area contributed by atoms with E-state index in [9.17, 15) is 19.1 Å². The van der Waals surface area contributed by atoms with Crippen molar-refractivity contribution in [3.8, 4) is 0 Å². The first-order chi connectivity index (χ1) is 14.9. The Morgan fingerprint density at radius 1 is 1.13 bits per heavy atom. The van der Waals surface area contributed by atoms with Gasteiger partial charge >= 0.3 is 0 Å². The van der Waals surface area contributed by atoms with E-state index in [0.29, 0.717) is 54.6 Å². The molecule has 0 aliphatic carbocycles. The Morgan fingerprint density at radius 3 is 2.52 bits per heavy atom. The average Bonchev–Trinajstić information content (AvgIpc) is 2.77. The zero-order chi connectivity index (χ0) is 22.0. The van der Waals surface area contributed by atoms with Gasteiger partial charge in [0.1, 0.15) is 11.6 Å². The third kappa shape index (κ3) is 4.37. The number of aliphatic hydroxyl groups is 1. The Hall–Kier alpha value is -3.06. The number of nitrogens with zero attached hydrogens (tertiary/aromatic N) is 3. The lowest BCUT2D eigenvalue weighted by Gasteiger charge is -2.38. The Bertz CT molecular complexity index is 1170. The van der Waals surface area contributed by atoms with Gasteiger partial charge in [-0.25, -0.2) is 9.37 Å². The third-order valence-electron chi connectivity index (χ3n) is 6.06. The summed E-state index contributed by atoms with van der Waals surface area (Å²) in [5.41, 5.74) is -0.239. The molecule has 3 aromatic rings. The molecule has 1 saturated heterocycles. The molecule has 0 saturated carbocycles. The van der Waals surface area contributed by atoms with Crippen molar-refractivity contribution < 1.29 is 14.3 Å². The van der Waals surface area contributed by atoms with Crippen LogP contribution in [-0.4, -0.2) is 44.2 Å². The number of hydrogen-bond acceptors (Lipinski definition) is 4. The number of rotatable bonds is 5. The quantitative estimate of drug-likeness (QED) is 0.685. The Balaban J connectivity index is 1.48. The molecule has 1 N–H and O–H groups in total. The summed E-state index contributed by atoms with van der Waals surface area (Å²) in [5.74, 6) is 0.0840. The maximum absolute atomic E-state index is 13.9. The fourth-order valence-corrected chi connectivity index (χ4v) is 4.19.